The summed E-state index contributed by atoms with van der Waals surface area (Å²) in [6.45, 7) is 5.99. The first-order valence-electron chi connectivity index (χ1n) is 15.8. The quantitative estimate of drug-likeness (QED) is 0.162. The number of hydrogen-bond acceptors (Lipinski definition) is 10. The van der Waals surface area contributed by atoms with E-state index in [1.54, 1.807) is 45.2 Å². The van der Waals surface area contributed by atoms with E-state index in [-0.39, 0.29) is 42.8 Å². The van der Waals surface area contributed by atoms with Gasteiger partial charge in [-0.3, -0.25) is 9.36 Å². The van der Waals surface area contributed by atoms with Crippen molar-refractivity contribution in [3.8, 4) is 5.75 Å². The van der Waals surface area contributed by atoms with Gasteiger partial charge in [0, 0.05) is 19.8 Å². The molecule has 11 nitrogen and oxygen atoms in total. The summed E-state index contributed by atoms with van der Waals surface area (Å²) < 4.78 is 71.9. The molecule has 15 heteroatoms. The number of benzene rings is 2. The molecular formula is C33H41F3N5O6P. The molecular weight excluding hydrogens is 650 g/mol. The van der Waals surface area contributed by atoms with Crippen molar-refractivity contribution in [1.82, 2.24) is 14.9 Å². The van der Waals surface area contributed by atoms with E-state index in [2.05, 4.69) is 20.6 Å². The zero-order chi connectivity index (χ0) is 34.9. The van der Waals surface area contributed by atoms with Crippen LogP contribution in [0.4, 0.5) is 36.3 Å². The number of ether oxygens (including phenoxy) is 1. The predicted octanol–water partition coefficient (Wildman–Crippen LogP) is 7.75. The third kappa shape index (κ3) is 7.78. The smallest absolute Gasteiger partial charge is 0.421 e. The van der Waals surface area contributed by atoms with Gasteiger partial charge in [-0.15, -0.1) is 0 Å². The summed E-state index contributed by atoms with van der Waals surface area (Å²) in [7, 11) is -0.325. The number of methoxy groups -OCH3 is 1. The van der Waals surface area contributed by atoms with E-state index < -0.39 is 30.8 Å². The molecule has 2 aromatic carbocycles. The number of aliphatic hydroxyl groups is 1. The topological polar surface area (TPSA) is 135 Å². The van der Waals surface area contributed by atoms with Gasteiger partial charge in [0.25, 0.3) is 5.91 Å². The van der Waals surface area contributed by atoms with Gasteiger partial charge < -0.3 is 34.4 Å². The maximum absolute atomic E-state index is 14.2. The number of carbonyl (C=O) groups excluding carboxylic acids is 1. The van der Waals surface area contributed by atoms with Crippen LogP contribution in [0.3, 0.4) is 0 Å². The van der Waals surface area contributed by atoms with Gasteiger partial charge in [-0.1, -0.05) is 12.1 Å². The Hall–Kier alpha value is -3.71. The lowest BCUT2D eigenvalue weighted by Gasteiger charge is -2.34. The van der Waals surface area contributed by atoms with Gasteiger partial charge in [-0.05, 0) is 87.3 Å². The van der Waals surface area contributed by atoms with Crippen molar-refractivity contribution in [1.29, 1.82) is 0 Å². The molecule has 3 N–H and O–H groups in total. The largest absolute Gasteiger partial charge is 0.495 e. The third-order valence-electron chi connectivity index (χ3n) is 8.70. The number of hydrogen-bond donors (Lipinski definition) is 3. The molecule has 3 aromatic rings. The molecule has 1 aromatic heterocycles. The first kappa shape index (κ1) is 35.6. The fraction of sp³-hybridized carbons (Fsp3) is 0.485. The summed E-state index contributed by atoms with van der Waals surface area (Å²) in [5, 5.41) is 16.2. The van der Waals surface area contributed by atoms with E-state index in [0.717, 1.165) is 24.0 Å². The fourth-order valence-corrected chi connectivity index (χ4v) is 7.98. The van der Waals surface area contributed by atoms with Crippen molar-refractivity contribution in [3.05, 3.63) is 64.3 Å². The van der Waals surface area contributed by atoms with E-state index in [9.17, 15) is 27.6 Å². The normalized spacial score (nSPS) is 19.7. The van der Waals surface area contributed by atoms with Crippen molar-refractivity contribution in [2.75, 3.05) is 38.0 Å². The monoisotopic (exact) mass is 691 g/mol. The van der Waals surface area contributed by atoms with Crippen LogP contribution in [-0.2, 0) is 32.5 Å². The summed E-state index contributed by atoms with van der Waals surface area (Å²) in [6.07, 6.45) is -1.39. The minimum atomic E-state index is -4.79. The van der Waals surface area contributed by atoms with Crippen LogP contribution >= 0.6 is 7.60 Å². The SMILES string of the molecule is CCOP(=O)(Cc1ccc(Nc2ncc(C(F)(F)F)c(Nc3ccc(C4CCC(C)(O)CC4)c4c3C(=O)N(C)C4)n2)c(OC)c1)OCC. The van der Waals surface area contributed by atoms with Crippen LogP contribution < -0.4 is 15.4 Å². The Morgan fingerprint density at radius 1 is 1.08 bits per heavy atom. The standard InChI is InChI=1S/C33H41F3N5O6P/c1-6-46-48(44,47-7-2)19-20-8-10-25(27(16-20)45-5)39-31-37-17-24(33(34,35)36)29(40-31)38-26-11-9-22(21-12-14-32(3,43)15-13-21)23-18-41(4)30(42)28(23)26/h8-11,16-17,21,43H,6-7,12-15,18-19H2,1-5H3,(H2,37,38,39,40). The highest BCUT2D eigenvalue weighted by Crippen LogP contribution is 2.52. The third-order valence-corrected chi connectivity index (χ3v) is 10.8. The molecule has 0 bridgehead atoms. The Bertz CT molecular complexity index is 1700. The zero-order valence-electron chi connectivity index (χ0n) is 27.6. The van der Waals surface area contributed by atoms with Crippen molar-refractivity contribution in [2.45, 2.75) is 76.9 Å². The number of carbonyl (C=O) groups is 1. The Morgan fingerprint density at radius 2 is 1.75 bits per heavy atom. The number of rotatable bonds is 12. The minimum absolute atomic E-state index is 0.00521. The molecule has 0 saturated heterocycles. The molecule has 1 amide bonds. The molecule has 1 aliphatic heterocycles. The van der Waals surface area contributed by atoms with E-state index in [1.165, 1.54) is 12.0 Å². The maximum atomic E-state index is 14.2. The van der Waals surface area contributed by atoms with Gasteiger partial charge in [0.2, 0.25) is 5.95 Å². The van der Waals surface area contributed by atoms with Gasteiger partial charge in [0.15, 0.2) is 0 Å². The average Bonchev–Trinajstić information content (AvgIpc) is 3.32. The molecule has 0 radical (unpaired) electrons. The number of fused-ring (bicyclic) bond motifs is 1. The minimum Gasteiger partial charge on any atom is -0.495 e. The Kier molecular flexibility index (Phi) is 10.4. The van der Waals surface area contributed by atoms with Crippen LogP contribution in [0.25, 0.3) is 0 Å². The molecule has 1 fully saturated rings. The predicted molar refractivity (Wildman–Crippen MR) is 175 cm³/mol. The summed E-state index contributed by atoms with van der Waals surface area (Å²) in [6, 6.07) is 8.37. The number of aromatic nitrogens is 2. The van der Waals surface area contributed by atoms with Gasteiger partial charge in [-0.2, -0.15) is 18.2 Å². The Labute approximate surface area is 277 Å². The Morgan fingerprint density at radius 3 is 2.38 bits per heavy atom. The molecule has 2 aliphatic rings. The fourth-order valence-electron chi connectivity index (χ4n) is 6.29. The van der Waals surface area contributed by atoms with Gasteiger partial charge >= 0.3 is 13.8 Å². The second-order valence-electron chi connectivity index (χ2n) is 12.3. The van der Waals surface area contributed by atoms with E-state index in [1.807, 2.05) is 13.0 Å². The number of halogens is 3. The number of nitrogens with one attached hydrogen (secondary N) is 2. The molecule has 1 saturated carbocycles. The zero-order valence-corrected chi connectivity index (χ0v) is 28.5. The molecule has 2 heterocycles. The number of amides is 1. The van der Waals surface area contributed by atoms with Crippen LogP contribution in [0.5, 0.6) is 5.75 Å². The van der Waals surface area contributed by atoms with Crippen molar-refractivity contribution in [2.24, 2.45) is 0 Å². The lowest BCUT2D eigenvalue weighted by molar-refractivity contribution is -0.137. The van der Waals surface area contributed by atoms with Crippen LogP contribution in [0, 0.1) is 0 Å². The summed E-state index contributed by atoms with van der Waals surface area (Å²) in [5.41, 5.74) is 1.36. The first-order valence-corrected chi connectivity index (χ1v) is 17.6. The van der Waals surface area contributed by atoms with Crippen LogP contribution in [0.1, 0.15) is 85.0 Å². The molecule has 5 rings (SSSR count). The second-order valence-corrected chi connectivity index (χ2v) is 14.4. The van der Waals surface area contributed by atoms with E-state index in [0.29, 0.717) is 48.1 Å². The van der Waals surface area contributed by atoms with Gasteiger partial charge in [0.05, 0.1) is 49.0 Å². The number of anilines is 4. The molecule has 0 unspecified atom stereocenters. The van der Waals surface area contributed by atoms with Crippen molar-refractivity contribution in [3.63, 3.8) is 0 Å². The van der Waals surface area contributed by atoms with Crippen molar-refractivity contribution >= 4 is 36.6 Å². The first-order chi connectivity index (χ1) is 22.7. The van der Waals surface area contributed by atoms with E-state index in [4.69, 9.17) is 13.8 Å². The highest BCUT2D eigenvalue weighted by atomic mass is 31.2. The van der Waals surface area contributed by atoms with Crippen molar-refractivity contribution < 1.29 is 41.4 Å². The highest BCUT2D eigenvalue weighted by molar-refractivity contribution is 7.53. The second kappa shape index (κ2) is 14.0. The molecule has 0 spiro atoms. The van der Waals surface area contributed by atoms with Crippen LogP contribution in [-0.4, -0.2) is 58.9 Å². The molecule has 0 atom stereocenters. The summed E-state index contributed by atoms with van der Waals surface area (Å²) in [5.74, 6) is -0.565. The summed E-state index contributed by atoms with van der Waals surface area (Å²) >= 11 is 0. The molecule has 1 aliphatic carbocycles. The van der Waals surface area contributed by atoms with Crippen LogP contribution in [0.15, 0.2) is 36.5 Å². The number of alkyl halides is 3. The van der Waals surface area contributed by atoms with E-state index >= 15 is 0 Å². The lowest BCUT2D eigenvalue weighted by Crippen LogP contribution is -2.29. The number of nitrogens with zero attached hydrogens (tertiary/aromatic N) is 3. The average molecular weight is 692 g/mol. The van der Waals surface area contributed by atoms with Gasteiger partial charge in [0.1, 0.15) is 17.1 Å². The maximum Gasteiger partial charge on any atom is 0.421 e. The molecule has 48 heavy (non-hydrogen) atoms. The molecule has 260 valence electrons. The lowest BCUT2D eigenvalue weighted by atomic mass is 9.75. The highest BCUT2D eigenvalue weighted by Gasteiger charge is 2.38. The summed E-state index contributed by atoms with van der Waals surface area (Å²) in [4.78, 5) is 23.0. The van der Waals surface area contributed by atoms with Gasteiger partial charge in [-0.25, -0.2) is 4.98 Å². The Balaban J connectivity index is 1.46. The van der Waals surface area contributed by atoms with Crippen LogP contribution in [0.2, 0.25) is 0 Å².